The number of allylic oxidation sites excluding steroid dienone is 1. The molecule has 168 valence electrons. The van der Waals surface area contributed by atoms with Crippen LogP contribution in [0.1, 0.15) is 5.56 Å². The fourth-order valence-electron chi connectivity index (χ4n) is 3.49. The molecule has 2 amide bonds. The summed E-state index contributed by atoms with van der Waals surface area (Å²) >= 11 is 12.4. The first-order valence-electron chi connectivity index (χ1n) is 9.36. The van der Waals surface area contributed by atoms with Crippen LogP contribution in [0, 0.1) is 11.6 Å². The number of anilines is 1. The highest BCUT2D eigenvalue weighted by atomic mass is 35.5. The Bertz CT molecular complexity index is 1140. The number of rotatable bonds is 6. The maximum atomic E-state index is 14.3. The van der Waals surface area contributed by atoms with Gasteiger partial charge in [-0.1, -0.05) is 29.3 Å². The van der Waals surface area contributed by atoms with Gasteiger partial charge >= 0.3 is 6.03 Å². The number of halogens is 4. The minimum atomic E-state index is -1.09. The van der Waals surface area contributed by atoms with Gasteiger partial charge in [0.05, 0.1) is 36.5 Å². The monoisotopic (exact) mass is 483 g/mol. The Labute approximate surface area is 192 Å². The summed E-state index contributed by atoms with van der Waals surface area (Å²) in [6.45, 7) is -0.366. The number of carbonyl (C=O) groups is 1. The van der Waals surface area contributed by atoms with Crippen LogP contribution in [0.4, 0.5) is 19.3 Å². The summed E-state index contributed by atoms with van der Waals surface area (Å²) in [6.07, 6.45) is 2.67. The first-order chi connectivity index (χ1) is 15.3. The highest BCUT2D eigenvalue weighted by molar-refractivity contribution is 6.68. The van der Waals surface area contributed by atoms with E-state index in [1.54, 1.807) is 12.2 Å². The predicted octanol–water partition coefficient (Wildman–Crippen LogP) is 4.65. The molecular formula is C21H17Cl2F2N3O4. The molecule has 2 atom stereocenters. The third-order valence-corrected chi connectivity index (χ3v) is 5.56. The molecule has 2 aromatic rings. The Morgan fingerprint density at radius 1 is 1.12 bits per heavy atom. The fraction of sp³-hybridized carbons (Fsp3) is 0.238. The number of hydrogen-bond acceptors (Lipinski definition) is 5. The van der Waals surface area contributed by atoms with Crippen LogP contribution in [0.25, 0.3) is 0 Å². The second kappa shape index (κ2) is 8.84. The molecular weight excluding hydrogens is 467 g/mol. The lowest BCUT2D eigenvalue weighted by Crippen LogP contribution is -2.36. The topological polar surface area (TPSA) is 72.4 Å². The van der Waals surface area contributed by atoms with Gasteiger partial charge in [-0.3, -0.25) is 4.90 Å². The zero-order valence-corrected chi connectivity index (χ0v) is 18.4. The Morgan fingerprint density at radius 3 is 2.59 bits per heavy atom. The van der Waals surface area contributed by atoms with Gasteiger partial charge in [0.15, 0.2) is 29.3 Å². The normalized spacial score (nSPS) is 19.4. The number of dihydropyridines is 1. The number of aliphatic imine (C=N–C) groups is 1. The molecule has 2 heterocycles. The maximum absolute atomic E-state index is 14.3. The predicted molar refractivity (Wildman–Crippen MR) is 116 cm³/mol. The van der Waals surface area contributed by atoms with Crippen molar-refractivity contribution in [2.75, 3.05) is 19.1 Å². The average Bonchev–Trinajstić information content (AvgIpc) is 3.09. The lowest BCUT2D eigenvalue weighted by atomic mass is 10.1. The van der Waals surface area contributed by atoms with E-state index < -0.39 is 29.9 Å². The molecule has 1 N–H and O–H groups in total. The lowest BCUT2D eigenvalue weighted by Gasteiger charge is -2.25. The van der Waals surface area contributed by atoms with Crippen molar-refractivity contribution < 1.29 is 27.8 Å². The standard InChI is InChI=1S/C21H17Cl2F2N3O4/c1-30-15-5-3-12(24)19(25)10(15)9-32-17-8-14(11(22)7-16(17)31-2)28-20-13(26-21(28)29)4-6-18(23)27-20/h3-8,13,20H,9H2,1-2H3,(H,26,29). The molecule has 2 aliphatic rings. The Morgan fingerprint density at radius 2 is 1.88 bits per heavy atom. The molecule has 0 spiro atoms. The van der Waals surface area contributed by atoms with Crippen LogP contribution >= 0.6 is 23.2 Å². The van der Waals surface area contributed by atoms with E-state index in [1.807, 2.05) is 0 Å². The smallest absolute Gasteiger partial charge is 0.324 e. The van der Waals surface area contributed by atoms with Crippen molar-refractivity contribution in [2.45, 2.75) is 18.8 Å². The average molecular weight is 484 g/mol. The quantitative estimate of drug-likeness (QED) is 0.649. The second-order valence-electron chi connectivity index (χ2n) is 6.86. The van der Waals surface area contributed by atoms with Gasteiger partial charge < -0.3 is 19.5 Å². The van der Waals surface area contributed by atoms with E-state index in [9.17, 15) is 13.6 Å². The van der Waals surface area contributed by atoms with Crippen molar-refractivity contribution in [1.82, 2.24) is 5.32 Å². The Kier molecular flexibility index (Phi) is 6.12. The van der Waals surface area contributed by atoms with Gasteiger partial charge in [0.2, 0.25) is 0 Å². The molecule has 0 radical (unpaired) electrons. The molecule has 0 aliphatic carbocycles. The number of benzene rings is 2. The highest BCUT2D eigenvalue weighted by Gasteiger charge is 2.41. The van der Waals surface area contributed by atoms with Crippen molar-refractivity contribution in [3.63, 3.8) is 0 Å². The SMILES string of the molecule is COc1cc(Cl)c(N2C(=O)NC3C=CC(Cl)=NC32)cc1OCc1c(OC)ccc(F)c1F. The van der Waals surface area contributed by atoms with Crippen LogP contribution in [-0.4, -0.2) is 37.6 Å². The molecule has 4 rings (SSSR count). The van der Waals surface area contributed by atoms with Gasteiger partial charge in [-0.05, 0) is 18.2 Å². The van der Waals surface area contributed by atoms with E-state index >= 15 is 0 Å². The number of hydrogen-bond donors (Lipinski definition) is 1. The molecule has 1 fully saturated rings. The molecule has 7 nitrogen and oxygen atoms in total. The number of nitrogens with zero attached hydrogens (tertiary/aromatic N) is 2. The number of carbonyl (C=O) groups excluding carboxylic acids is 1. The van der Waals surface area contributed by atoms with Gasteiger partial charge in [0, 0.05) is 12.1 Å². The molecule has 0 aromatic heterocycles. The van der Waals surface area contributed by atoms with Crippen molar-refractivity contribution in [3.05, 3.63) is 58.6 Å². The number of nitrogens with one attached hydrogen (secondary N) is 1. The largest absolute Gasteiger partial charge is 0.496 e. The van der Waals surface area contributed by atoms with E-state index in [0.29, 0.717) is 0 Å². The van der Waals surface area contributed by atoms with E-state index in [-0.39, 0.29) is 45.3 Å². The highest BCUT2D eigenvalue weighted by Crippen LogP contribution is 2.41. The van der Waals surface area contributed by atoms with Crippen LogP contribution < -0.4 is 24.4 Å². The Hall–Kier alpha value is -3.04. The van der Waals surface area contributed by atoms with E-state index in [4.69, 9.17) is 37.4 Å². The van der Waals surface area contributed by atoms with Crippen molar-refractivity contribution in [2.24, 2.45) is 4.99 Å². The van der Waals surface area contributed by atoms with Gasteiger partial charge in [-0.25, -0.2) is 18.6 Å². The van der Waals surface area contributed by atoms with Crippen molar-refractivity contribution >= 4 is 40.1 Å². The zero-order chi connectivity index (χ0) is 23.0. The molecule has 1 saturated heterocycles. The van der Waals surface area contributed by atoms with Gasteiger partial charge in [0.1, 0.15) is 17.5 Å². The first-order valence-corrected chi connectivity index (χ1v) is 10.1. The van der Waals surface area contributed by atoms with Crippen molar-refractivity contribution in [1.29, 1.82) is 0 Å². The maximum Gasteiger partial charge on any atom is 0.324 e. The van der Waals surface area contributed by atoms with Gasteiger partial charge in [0.25, 0.3) is 0 Å². The summed E-state index contributed by atoms with van der Waals surface area (Å²) in [5.41, 5.74) is 0.168. The summed E-state index contributed by atoms with van der Waals surface area (Å²) in [5.74, 6) is -1.62. The number of ether oxygens (including phenoxy) is 3. The minimum Gasteiger partial charge on any atom is -0.496 e. The molecule has 2 unspecified atom stereocenters. The fourth-order valence-corrected chi connectivity index (χ4v) is 3.91. The summed E-state index contributed by atoms with van der Waals surface area (Å²) in [6, 6.07) is 4.36. The molecule has 2 aromatic carbocycles. The van der Waals surface area contributed by atoms with E-state index in [1.165, 1.54) is 37.3 Å². The van der Waals surface area contributed by atoms with Gasteiger partial charge in [-0.15, -0.1) is 0 Å². The molecule has 32 heavy (non-hydrogen) atoms. The molecule has 11 heteroatoms. The summed E-state index contributed by atoms with van der Waals surface area (Å²) in [5, 5.41) is 3.22. The molecule has 2 aliphatic heterocycles. The van der Waals surface area contributed by atoms with Crippen LogP contribution in [0.15, 0.2) is 41.4 Å². The van der Waals surface area contributed by atoms with Gasteiger partial charge in [-0.2, -0.15) is 0 Å². The van der Waals surface area contributed by atoms with Crippen LogP contribution in [0.3, 0.4) is 0 Å². The number of urea groups is 1. The van der Waals surface area contributed by atoms with E-state index in [2.05, 4.69) is 10.3 Å². The third kappa shape index (κ3) is 3.93. The third-order valence-electron chi connectivity index (χ3n) is 5.03. The number of fused-ring (bicyclic) bond motifs is 1. The van der Waals surface area contributed by atoms with Crippen LogP contribution in [0.5, 0.6) is 17.2 Å². The molecule has 0 bridgehead atoms. The summed E-state index contributed by atoms with van der Waals surface area (Å²) in [4.78, 5) is 18.3. The molecule has 0 saturated carbocycles. The van der Waals surface area contributed by atoms with Crippen LogP contribution in [0.2, 0.25) is 5.02 Å². The van der Waals surface area contributed by atoms with Crippen molar-refractivity contribution in [3.8, 4) is 17.2 Å². The summed E-state index contributed by atoms with van der Waals surface area (Å²) < 4.78 is 44.2. The van der Waals surface area contributed by atoms with Crippen LogP contribution in [-0.2, 0) is 6.61 Å². The summed E-state index contributed by atoms with van der Waals surface area (Å²) in [7, 11) is 2.74. The number of methoxy groups -OCH3 is 2. The van der Waals surface area contributed by atoms with E-state index in [0.717, 1.165) is 6.07 Å². The Balaban J connectivity index is 1.69. The second-order valence-corrected chi connectivity index (χ2v) is 7.65. The zero-order valence-electron chi connectivity index (χ0n) is 16.9. The first kappa shape index (κ1) is 22.2. The number of amides is 2. The lowest BCUT2D eigenvalue weighted by molar-refractivity contribution is 0.251. The minimum absolute atomic E-state index is 0.112.